The minimum Gasteiger partial charge on any atom is -0.314 e. The van der Waals surface area contributed by atoms with Gasteiger partial charge in [-0.3, -0.25) is 9.88 Å². The highest BCUT2D eigenvalue weighted by Crippen LogP contribution is 2.36. The molecule has 6 heteroatoms. The number of pyridine rings is 1. The normalized spacial score (nSPS) is 19.8. The maximum absolute atomic E-state index is 13.2. The zero-order valence-corrected chi connectivity index (χ0v) is 10.2. The first-order valence-corrected chi connectivity index (χ1v) is 5.93. The molecule has 100 valence electrons. The van der Waals surface area contributed by atoms with E-state index in [4.69, 9.17) is 0 Å². The largest absolute Gasteiger partial charge is 0.409 e. The average molecular weight is 259 g/mol. The van der Waals surface area contributed by atoms with Crippen LogP contribution in [0.15, 0.2) is 18.2 Å². The van der Waals surface area contributed by atoms with Crippen molar-refractivity contribution in [3.05, 3.63) is 29.6 Å². The summed E-state index contributed by atoms with van der Waals surface area (Å²) in [5.41, 5.74) is 0.696. The first-order valence-electron chi connectivity index (χ1n) is 5.93. The number of aromatic nitrogens is 1. The van der Waals surface area contributed by atoms with Crippen LogP contribution in [0.25, 0.3) is 0 Å². The van der Waals surface area contributed by atoms with Crippen molar-refractivity contribution >= 4 is 0 Å². The summed E-state index contributed by atoms with van der Waals surface area (Å²) in [5.74, 6) is 0. The molecule has 1 aromatic heterocycles. The van der Waals surface area contributed by atoms with Gasteiger partial charge in [-0.25, -0.2) is 0 Å². The van der Waals surface area contributed by atoms with E-state index in [0.717, 1.165) is 0 Å². The van der Waals surface area contributed by atoms with Crippen LogP contribution in [0.1, 0.15) is 17.4 Å². The van der Waals surface area contributed by atoms with Crippen LogP contribution in [0.4, 0.5) is 13.2 Å². The number of piperazine rings is 1. The molecule has 0 bridgehead atoms. The molecule has 1 aromatic rings. The molecule has 1 fully saturated rings. The third kappa shape index (κ3) is 3.00. The number of aryl methyl sites for hydroxylation is 1. The van der Waals surface area contributed by atoms with Crippen molar-refractivity contribution in [1.82, 2.24) is 15.2 Å². The topological polar surface area (TPSA) is 28.2 Å². The van der Waals surface area contributed by atoms with Gasteiger partial charge in [-0.05, 0) is 19.1 Å². The van der Waals surface area contributed by atoms with Crippen LogP contribution in [-0.2, 0) is 0 Å². The van der Waals surface area contributed by atoms with E-state index in [1.165, 1.54) is 11.0 Å². The highest BCUT2D eigenvalue weighted by Gasteiger charge is 2.45. The van der Waals surface area contributed by atoms with Crippen LogP contribution < -0.4 is 5.32 Å². The van der Waals surface area contributed by atoms with Crippen molar-refractivity contribution in [2.75, 3.05) is 26.2 Å². The Morgan fingerprint density at radius 2 is 1.94 bits per heavy atom. The van der Waals surface area contributed by atoms with E-state index in [2.05, 4.69) is 10.3 Å². The second kappa shape index (κ2) is 5.24. The number of hydrogen-bond donors (Lipinski definition) is 1. The predicted octanol–water partition coefficient (Wildman–Crippen LogP) is 1.90. The number of halogens is 3. The van der Waals surface area contributed by atoms with Gasteiger partial charge in [0.05, 0.1) is 5.69 Å². The minimum absolute atomic E-state index is 0.0874. The van der Waals surface area contributed by atoms with Crippen molar-refractivity contribution in [3.8, 4) is 0 Å². The number of rotatable bonds is 2. The lowest BCUT2D eigenvalue weighted by atomic mass is 10.1. The maximum atomic E-state index is 13.2. The third-order valence-electron chi connectivity index (χ3n) is 3.02. The third-order valence-corrected chi connectivity index (χ3v) is 3.02. The Kier molecular flexibility index (Phi) is 3.87. The van der Waals surface area contributed by atoms with Crippen molar-refractivity contribution in [1.29, 1.82) is 0 Å². The van der Waals surface area contributed by atoms with Gasteiger partial charge in [-0.1, -0.05) is 6.07 Å². The van der Waals surface area contributed by atoms with Gasteiger partial charge in [0.15, 0.2) is 0 Å². The Balaban J connectivity index is 2.30. The molecule has 0 spiro atoms. The summed E-state index contributed by atoms with van der Waals surface area (Å²) in [5, 5.41) is 3.05. The molecule has 2 rings (SSSR count). The second-order valence-corrected chi connectivity index (χ2v) is 4.43. The molecule has 1 saturated heterocycles. The summed E-state index contributed by atoms with van der Waals surface area (Å²) in [6, 6.07) is 3.18. The average Bonchev–Trinajstić information content (AvgIpc) is 2.28. The fourth-order valence-electron chi connectivity index (χ4n) is 2.22. The van der Waals surface area contributed by atoms with Crippen LogP contribution in [0, 0.1) is 6.92 Å². The number of hydrogen-bond acceptors (Lipinski definition) is 3. The van der Waals surface area contributed by atoms with Crippen LogP contribution in [0.5, 0.6) is 0 Å². The van der Waals surface area contributed by atoms with Gasteiger partial charge < -0.3 is 5.32 Å². The van der Waals surface area contributed by atoms with E-state index in [0.29, 0.717) is 31.9 Å². The van der Waals surface area contributed by atoms with E-state index in [-0.39, 0.29) is 5.69 Å². The Morgan fingerprint density at radius 3 is 2.50 bits per heavy atom. The Hall–Kier alpha value is -1.14. The molecule has 1 aliphatic heterocycles. The van der Waals surface area contributed by atoms with E-state index in [9.17, 15) is 13.2 Å². The molecule has 3 nitrogen and oxygen atoms in total. The first-order chi connectivity index (χ1) is 8.48. The van der Waals surface area contributed by atoms with Crippen LogP contribution in [0.3, 0.4) is 0 Å². The molecule has 2 heterocycles. The van der Waals surface area contributed by atoms with E-state index < -0.39 is 12.2 Å². The monoisotopic (exact) mass is 259 g/mol. The van der Waals surface area contributed by atoms with Crippen molar-refractivity contribution in [2.24, 2.45) is 0 Å². The smallest absolute Gasteiger partial charge is 0.314 e. The molecule has 0 saturated carbocycles. The molecule has 0 unspecified atom stereocenters. The number of alkyl halides is 3. The predicted molar refractivity (Wildman–Crippen MR) is 62.2 cm³/mol. The Morgan fingerprint density at radius 1 is 1.28 bits per heavy atom. The van der Waals surface area contributed by atoms with Gasteiger partial charge in [-0.2, -0.15) is 13.2 Å². The van der Waals surface area contributed by atoms with E-state index in [1.807, 2.05) is 0 Å². The lowest BCUT2D eigenvalue weighted by molar-refractivity contribution is -0.188. The molecule has 0 radical (unpaired) electrons. The molecule has 1 N–H and O–H groups in total. The second-order valence-electron chi connectivity index (χ2n) is 4.43. The summed E-state index contributed by atoms with van der Waals surface area (Å²) in [4.78, 5) is 5.48. The first kappa shape index (κ1) is 13.3. The zero-order valence-electron chi connectivity index (χ0n) is 10.2. The lowest BCUT2D eigenvalue weighted by Crippen LogP contribution is -2.49. The molecular weight excluding hydrogens is 243 g/mol. The number of nitrogens with zero attached hydrogens (tertiary/aromatic N) is 2. The van der Waals surface area contributed by atoms with Gasteiger partial charge in [0.25, 0.3) is 0 Å². The SMILES string of the molecule is Cc1cccc([C@H](N2CCNCC2)C(F)(F)F)n1. The molecule has 1 aliphatic rings. The Labute approximate surface area is 104 Å². The van der Waals surface area contributed by atoms with Gasteiger partial charge in [0, 0.05) is 31.9 Å². The van der Waals surface area contributed by atoms with Gasteiger partial charge >= 0.3 is 6.18 Å². The summed E-state index contributed by atoms with van der Waals surface area (Å²) >= 11 is 0. The highest BCUT2D eigenvalue weighted by atomic mass is 19.4. The van der Waals surface area contributed by atoms with E-state index >= 15 is 0 Å². The van der Waals surface area contributed by atoms with Crippen LogP contribution >= 0.6 is 0 Å². The fraction of sp³-hybridized carbons (Fsp3) is 0.583. The lowest BCUT2D eigenvalue weighted by Gasteiger charge is -2.35. The standard InChI is InChI=1S/C12H16F3N3/c1-9-3-2-4-10(17-9)11(12(13,14)15)18-7-5-16-6-8-18/h2-4,11,16H,5-8H2,1H3/t11-/m0/s1. The van der Waals surface area contributed by atoms with Crippen molar-refractivity contribution < 1.29 is 13.2 Å². The minimum atomic E-state index is -4.29. The maximum Gasteiger partial charge on any atom is 0.409 e. The zero-order chi connectivity index (χ0) is 13.2. The highest BCUT2D eigenvalue weighted by molar-refractivity contribution is 5.15. The van der Waals surface area contributed by atoms with E-state index in [1.54, 1.807) is 19.1 Å². The fourth-order valence-corrected chi connectivity index (χ4v) is 2.22. The number of nitrogens with one attached hydrogen (secondary N) is 1. The molecule has 1 atom stereocenters. The molecule has 0 aromatic carbocycles. The molecule has 18 heavy (non-hydrogen) atoms. The van der Waals surface area contributed by atoms with Gasteiger partial charge in [0.1, 0.15) is 6.04 Å². The van der Waals surface area contributed by atoms with Gasteiger partial charge in [-0.15, -0.1) is 0 Å². The summed E-state index contributed by atoms with van der Waals surface area (Å²) in [6.07, 6.45) is -4.29. The molecule has 0 aliphatic carbocycles. The van der Waals surface area contributed by atoms with Crippen molar-refractivity contribution in [2.45, 2.75) is 19.1 Å². The Bertz CT molecular complexity index is 400. The van der Waals surface area contributed by atoms with Crippen LogP contribution in [-0.4, -0.2) is 42.2 Å². The summed E-state index contributed by atoms with van der Waals surface area (Å²) in [6.45, 7) is 3.64. The quantitative estimate of drug-likeness (QED) is 0.879. The van der Waals surface area contributed by atoms with Crippen LogP contribution in [0.2, 0.25) is 0 Å². The summed E-state index contributed by atoms with van der Waals surface area (Å²) in [7, 11) is 0. The molecular formula is C12H16F3N3. The summed E-state index contributed by atoms with van der Waals surface area (Å²) < 4.78 is 39.7. The molecule has 0 amide bonds. The van der Waals surface area contributed by atoms with Crippen molar-refractivity contribution in [3.63, 3.8) is 0 Å². The van der Waals surface area contributed by atoms with Gasteiger partial charge in [0.2, 0.25) is 0 Å².